The minimum absolute atomic E-state index is 0.0186. The lowest BCUT2D eigenvalue weighted by molar-refractivity contribution is 0.0255. The molecule has 1 aliphatic heterocycles. The van der Waals surface area contributed by atoms with E-state index in [1.807, 2.05) is 86.4 Å². The van der Waals surface area contributed by atoms with Gasteiger partial charge in [-0.15, -0.1) is 0 Å². The van der Waals surface area contributed by atoms with Gasteiger partial charge in [0, 0.05) is 37.1 Å². The van der Waals surface area contributed by atoms with Crippen molar-refractivity contribution in [3.8, 4) is 0 Å². The first-order valence-electron chi connectivity index (χ1n) is 11.3. The van der Waals surface area contributed by atoms with Crippen LogP contribution in [0.1, 0.15) is 48.8 Å². The molecule has 0 aliphatic carbocycles. The predicted octanol–water partition coefficient (Wildman–Crippen LogP) is 4.82. The highest BCUT2D eigenvalue weighted by atomic mass is 16.6. The van der Waals surface area contributed by atoms with E-state index < -0.39 is 5.60 Å². The molecule has 0 bridgehead atoms. The summed E-state index contributed by atoms with van der Waals surface area (Å²) < 4.78 is 5.47. The molecule has 2 amide bonds. The van der Waals surface area contributed by atoms with Crippen molar-refractivity contribution in [1.29, 1.82) is 0 Å². The number of carbonyl (C=O) groups excluding carboxylic acids is 2. The maximum Gasteiger partial charge on any atom is 0.410 e. The van der Waals surface area contributed by atoms with Gasteiger partial charge in [0.15, 0.2) is 0 Å². The van der Waals surface area contributed by atoms with E-state index >= 15 is 0 Å². The smallest absolute Gasteiger partial charge is 0.410 e. The molecule has 3 aromatic rings. The van der Waals surface area contributed by atoms with Crippen molar-refractivity contribution < 1.29 is 14.3 Å². The van der Waals surface area contributed by atoms with Gasteiger partial charge >= 0.3 is 6.09 Å². The van der Waals surface area contributed by atoms with E-state index in [1.165, 1.54) is 0 Å². The van der Waals surface area contributed by atoms with Crippen LogP contribution in [-0.2, 0) is 4.74 Å². The molecule has 2 aromatic carbocycles. The van der Waals surface area contributed by atoms with E-state index in [1.54, 1.807) is 4.90 Å². The number of carbonyl (C=O) groups is 2. The molecule has 4 rings (SSSR count). The molecular weight excluding hydrogens is 416 g/mol. The predicted molar refractivity (Wildman–Crippen MR) is 130 cm³/mol. The summed E-state index contributed by atoms with van der Waals surface area (Å²) in [5, 5.41) is 8.45. The maximum absolute atomic E-state index is 13.0. The lowest BCUT2D eigenvalue weighted by atomic mass is 10.1. The number of para-hydroxylation sites is 1. The number of hydrogen-bond acceptors (Lipinski definition) is 4. The van der Waals surface area contributed by atoms with Gasteiger partial charge in [0.1, 0.15) is 5.60 Å². The number of benzene rings is 2. The average Bonchev–Trinajstić information content (AvgIpc) is 3.03. The molecule has 7 heteroatoms. The number of amides is 2. The molecule has 0 atom stereocenters. The van der Waals surface area contributed by atoms with Crippen molar-refractivity contribution in [3.63, 3.8) is 0 Å². The highest BCUT2D eigenvalue weighted by molar-refractivity contribution is 5.95. The van der Waals surface area contributed by atoms with Crippen molar-refractivity contribution in [2.45, 2.75) is 32.8 Å². The number of aromatic amines is 1. The SMILES string of the molecule is CC(C)(C)OC(=O)N1CCCN(C(=O)c2ccc(/C=C/c3n[nH]c4ccccc34)cc2)CC1. The monoisotopic (exact) mass is 446 g/mol. The Bertz CT molecular complexity index is 1160. The molecule has 2 heterocycles. The average molecular weight is 447 g/mol. The van der Waals surface area contributed by atoms with E-state index in [9.17, 15) is 9.59 Å². The largest absolute Gasteiger partial charge is 0.444 e. The van der Waals surface area contributed by atoms with E-state index in [4.69, 9.17) is 4.74 Å². The molecule has 7 nitrogen and oxygen atoms in total. The number of aromatic nitrogens is 2. The molecule has 0 spiro atoms. The third-order valence-electron chi connectivity index (χ3n) is 5.53. The lowest BCUT2D eigenvalue weighted by Gasteiger charge is -2.26. The summed E-state index contributed by atoms with van der Waals surface area (Å²) in [6.45, 7) is 7.73. The summed E-state index contributed by atoms with van der Waals surface area (Å²) in [6.07, 6.45) is 4.36. The molecular formula is C26H30N4O3. The molecule has 1 fully saturated rings. The van der Waals surface area contributed by atoms with Gasteiger partial charge in [-0.3, -0.25) is 9.89 Å². The zero-order valence-electron chi connectivity index (χ0n) is 19.4. The van der Waals surface area contributed by atoms with Crippen LogP contribution < -0.4 is 0 Å². The number of fused-ring (bicyclic) bond motifs is 1. The van der Waals surface area contributed by atoms with Crippen molar-refractivity contribution in [3.05, 3.63) is 65.4 Å². The second-order valence-electron chi connectivity index (χ2n) is 9.22. The molecule has 1 saturated heterocycles. The first kappa shape index (κ1) is 22.6. The summed E-state index contributed by atoms with van der Waals surface area (Å²) in [4.78, 5) is 28.9. The molecule has 172 valence electrons. The van der Waals surface area contributed by atoms with Gasteiger partial charge in [-0.2, -0.15) is 5.10 Å². The molecule has 0 saturated carbocycles. The molecule has 0 unspecified atom stereocenters. The lowest BCUT2D eigenvalue weighted by Crippen LogP contribution is -2.40. The van der Waals surface area contributed by atoms with E-state index in [0.29, 0.717) is 31.7 Å². The number of rotatable bonds is 3. The van der Waals surface area contributed by atoms with E-state index in [-0.39, 0.29) is 12.0 Å². The van der Waals surface area contributed by atoms with Crippen LogP contribution in [0, 0.1) is 0 Å². The van der Waals surface area contributed by atoms with Gasteiger partial charge in [0.25, 0.3) is 5.91 Å². The number of nitrogens with zero attached hydrogens (tertiary/aromatic N) is 3. The van der Waals surface area contributed by atoms with Gasteiger partial charge in [-0.25, -0.2) is 4.79 Å². The fraction of sp³-hybridized carbons (Fsp3) is 0.346. The second-order valence-corrected chi connectivity index (χ2v) is 9.22. The summed E-state index contributed by atoms with van der Waals surface area (Å²) in [6, 6.07) is 15.6. The number of H-pyrrole nitrogens is 1. The van der Waals surface area contributed by atoms with Crippen LogP contribution in [0.5, 0.6) is 0 Å². The Balaban J connectivity index is 1.37. The van der Waals surface area contributed by atoms with E-state index in [2.05, 4.69) is 10.2 Å². The van der Waals surface area contributed by atoms with Gasteiger partial charge in [-0.1, -0.05) is 36.4 Å². The summed E-state index contributed by atoms with van der Waals surface area (Å²) in [5.41, 5.74) is 2.98. The summed E-state index contributed by atoms with van der Waals surface area (Å²) in [5.74, 6) is -0.0186. The fourth-order valence-electron chi connectivity index (χ4n) is 3.84. The molecule has 1 aromatic heterocycles. The Morgan fingerprint density at radius 2 is 1.64 bits per heavy atom. The Kier molecular flexibility index (Phi) is 6.49. The first-order valence-corrected chi connectivity index (χ1v) is 11.3. The van der Waals surface area contributed by atoms with Crippen LogP contribution in [-0.4, -0.2) is 63.8 Å². The topological polar surface area (TPSA) is 78.5 Å². The number of nitrogens with one attached hydrogen (secondary N) is 1. The van der Waals surface area contributed by atoms with Crippen molar-refractivity contribution in [1.82, 2.24) is 20.0 Å². The second kappa shape index (κ2) is 9.48. The van der Waals surface area contributed by atoms with Gasteiger partial charge < -0.3 is 14.5 Å². The van der Waals surface area contributed by atoms with Crippen LogP contribution in [0.3, 0.4) is 0 Å². The highest BCUT2D eigenvalue weighted by Crippen LogP contribution is 2.18. The summed E-state index contributed by atoms with van der Waals surface area (Å²) >= 11 is 0. The van der Waals surface area contributed by atoms with Gasteiger partial charge in [0.05, 0.1) is 11.2 Å². The normalized spacial score (nSPS) is 15.1. The molecule has 1 aliphatic rings. The third kappa shape index (κ3) is 5.61. The minimum Gasteiger partial charge on any atom is -0.444 e. The zero-order chi connectivity index (χ0) is 23.4. The van der Waals surface area contributed by atoms with Crippen LogP contribution >= 0.6 is 0 Å². The molecule has 33 heavy (non-hydrogen) atoms. The third-order valence-corrected chi connectivity index (χ3v) is 5.53. The minimum atomic E-state index is -0.528. The highest BCUT2D eigenvalue weighted by Gasteiger charge is 2.26. The summed E-state index contributed by atoms with van der Waals surface area (Å²) in [7, 11) is 0. The first-order chi connectivity index (χ1) is 15.8. The van der Waals surface area contributed by atoms with Crippen molar-refractivity contribution in [2.24, 2.45) is 0 Å². The standard InChI is InChI=1S/C26H30N4O3/c1-26(2,3)33-25(32)30-16-6-15-29(17-18-30)24(31)20-12-9-19(10-13-20)11-14-23-21-7-4-5-8-22(21)27-28-23/h4-5,7-14H,6,15-18H2,1-3H3,(H,27,28)/b14-11+. The van der Waals surface area contributed by atoms with Crippen molar-refractivity contribution in [2.75, 3.05) is 26.2 Å². The quantitative estimate of drug-likeness (QED) is 0.626. The Morgan fingerprint density at radius 1 is 0.939 bits per heavy atom. The Hall–Kier alpha value is -3.61. The van der Waals surface area contributed by atoms with Gasteiger partial charge in [0.2, 0.25) is 0 Å². The van der Waals surface area contributed by atoms with Crippen LogP contribution in [0.25, 0.3) is 23.1 Å². The number of hydrogen-bond donors (Lipinski definition) is 1. The fourth-order valence-corrected chi connectivity index (χ4v) is 3.84. The molecule has 1 N–H and O–H groups in total. The Morgan fingerprint density at radius 3 is 2.39 bits per heavy atom. The zero-order valence-corrected chi connectivity index (χ0v) is 19.4. The van der Waals surface area contributed by atoms with Crippen molar-refractivity contribution >= 4 is 35.1 Å². The van der Waals surface area contributed by atoms with E-state index in [0.717, 1.165) is 28.6 Å². The maximum atomic E-state index is 13.0. The Labute approximate surface area is 194 Å². The molecule has 0 radical (unpaired) electrons. The van der Waals surface area contributed by atoms with Crippen LogP contribution in [0.2, 0.25) is 0 Å². The number of ether oxygens (including phenoxy) is 1. The van der Waals surface area contributed by atoms with Crippen LogP contribution in [0.4, 0.5) is 4.79 Å². The van der Waals surface area contributed by atoms with Gasteiger partial charge in [-0.05, 0) is 57.0 Å². The van der Waals surface area contributed by atoms with Crippen LogP contribution in [0.15, 0.2) is 48.5 Å².